The molecule has 6 nitrogen and oxygen atoms in total. The smallest absolute Gasteiger partial charge is 0.318 e. The number of nitrogens with two attached hydrogens (primary N) is 1. The first-order valence-electron chi connectivity index (χ1n) is 10.7. The van der Waals surface area contributed by atoms with Crippen LogP contribution in [0.5, 0.6) is 0 Å². The molecule has 1 heterocycles. The maximum atomic E-state index is 13.1. The fourth-order valence-corrected chi connectivity index (χ4v) is 7.79. The lowest BCUT2D eigenvalue weighted by molar-refractivity contribution is -0.0696. The van der Waals surface area contributed by atoms with Crippen LogP contribution in [0.3, 0.4) is 0 Å². The van der Waals surface area contributed by atoms with Crippen molar-refractivity contribution in [2.75, 3.05) is 6.54 Å². The fraction of sp³-hybridized carbons (Fsp3) is 0.636. The van der Waals surface area contributed by atoms with Gasteiger partial charge in [0, 0.05) is 18.1 Å². The van der Waals surface area contributed by atoms with E-state index in [0.29, 0.717) is 23.8 Å². The van der Waals surface area contributed by atoms with Gasteiger partial charge in [0.1, 0.15) is 0 Å². The Kier molecular flexibility index (Phi) is 3.23. The lowest BCUT2D eigenvalue weighted by Crippen LogP contribution is -2.67. The van der Waals surface area contributed by atoms with Crippen LogP contribution in [0.4, 0.5) is 9.59 Å². The Labute approximate surface area is 165 Å². The summed E-state index contributed by atoms with van der Waals surface area (Å²) in [5, 5.41) is 6.46. The summed E-state index contributed by atoms with van der Waals surface area (Å²) in [5.74, 6) is 1.61. The fourth-order valence-electron chi connectivity index (χ4n) is 7.79. The highest BCUT2D eigenvalue weighted by atomic mass is 16.2. The second-order valence-electron chi connectivity index (χ2n) is 10.2. The van der Waals surface area contributed by atoms with E-state index >= 15 is 0 Å². The van der Waals surface area contributed by atoms with Crippen molar-refractivity contribution in [1.82, 2.24) is 15.5 Å². The Hall–Kier alpha value is -2.24. The summed E-state index contributed by atoms with van der Waals surface area (Å²) in [5.41, 5.74) is 7.97. The first kappa shape index (κ1) is 16.7. The third kappa shape index (κ3) is 2.32. The predicted octanol–water partition coefficient (Wildman–Crippen LogP) is 2.16. The van der Waals surface area contributed by atoms with E-state index in [4.69, 9.17) is 5.73 Å². The summed E-state index contributed by atoms with van der Waals surface area (Å²) >= 11 is 0. The summed E-state index contributed by atoms with van der Waals surface area (Å²) in [7, 11) is 0. The Bertz CT molecular complexity index is 827. The zero-order valence-corrected chi connectivity index (χ0v) is 16.1. The molecular formula is C22H28N4O2. The molecule has 6 heteroatoms. The van der Waals surface area contributed by atoms with Crippen LogP contribution in [0.1, 0.15) is 43.2 Å². The highest BCUT2D eigenvalue weighted by Gasteiger charge is 2.60. The minimum absolute atomic E-state index is 0.113. The third-order valence-electron chi connectivity index (χ3n) is 8.25. The van der Waals surface area contributed by atoms with Gasteiger partial charge in [-0.15, -0.1) is 0 Å². The molecule has 1 saturated heterocycles. The molecule has 1 aromatic carbocycles. The summed E-state index contributed by atoms with van der Waals surface area (Å²) < 4.78 is 0. The van der Waals surface area contributed by atoms with Gasteiger partial charge in [0.05, 0.1) is 5.54 Å². The largest absolute Gasteiger partial charge is 0.352 e. The van der Waals surface area contributed by atoms with Crippen LogP contribution in [0, 0.1) is 17.8 Å². The first-order chi connectivity index (χ1) is 13.4. The highest BCUT2D eigenvalue weighted by Crippen LogP contribution is 2.57. The van der Waals surface area contributed by atoms with Crippen molar-refractivity contribution in [2.45, 2.75) is 62.1 Å². The number of carbonyl (C=O) groups is 2. The van der Waals surface area contributed by atoms with E-state index in [0.717, 1.165) is 38.6 Å². The van der Waals surface area contributed by atoms with Gasteiger partial charge >= 0.3 is 12.1 Å². The van der Waals surface area contributed by atoms with E-state index in [2.05, 4.69) is 39.8 Å². The number of nitrogens with one attached hydrogen (secondary N) is 2. The molecule has 4 bridgehead atoms. The summed E-state index contributed by atoms with van der Waals surface area (Å²) in [6, 6.07) is 8.59. The van der Waals surface area contributed by atoms with Crippen LogP contribution < -0.4 is 16.4 Å². The Morgan fingerprint density at radius 2 is 1.75 bits per heavy atom. The molecule has 5 fully saturated rings. The van der Waals surface area contributed by atoms with Crippen molar-refractivity contribution in [2.24, 2.45) is 23.5 Å². The molecule has 0 aromatic heterocycles. The van der Waals surface area contributed by atoms with Gasteiger partial charge in [-0.3, -0.25) is 0 Å². The maximum absolute atomic E-state index is 13.1. The first-order valence-corrected chi connectivity index (χ1v) is 10.7. The topological polar surface area (TPSA) is 87.5 Å². The Balaban J connectivity index is 1.25. The van der Waals surface area contributed by atoms with Gasteiger partial charge in [-0.1, -0.05) is 24.3 Å². The van der Waals surface area contributed by atoms with Crippen LogP contribution in [0.15, 0.2) is 24.3 Å². The van der Waals surface area contributed by atoms with E-state index in [-0.39, 0.29) is 17.1 Å². The lowest BCUT2D eigenvalue weighted by Gasteiger charge is -2.61. The number of benzene rings is 1. The molecule has 1 aliphatic heterocycles. The maximum Gasteiger partial charge on any atom is 0.318 e. The van der Waals surface area contributed by atoms with Gasteiger partial charge in [0.2, 0.25) is 0 Å². The molecule has 7 rings (SSSR count). The van der Waals surface area contributed by atoms with E-state index < -0.39 is 6.03 Å². The van der Waals surface area contributed by atoms with Gasteiger partial charge in [-0.25, -0.2) is 9.59 Å². The monoisotopic (exact) mass is 380 g/mol. The van der Waals surface area contributed by atoms with Gasteiger partial charge < -0.3 is 21.3 Å². The molecule has 2 unspecified atom stereocenters. The number of carbonyl (C=O) groups excluding carboxylic acids is 2. The SMILES string of the molecule is NC(=O)NC12CC3CC(C1)C(N1CC4(Cc5ccccc5C4)NC1=O)C(C3)C2. The predicted molar refractivity (Wildman–Crippen MR) is 105 cm³/mol. The average molecular weight is 380 g/mol. The van der Waals surface area contributed by atoms with E-state index in [1.54, 1.807) is 0 Å². The van der Waals surface area contributed by atoms with E-state index in [9.17, 15) is 9.59 Å². The van der Waals surface area contributed by atoms with Crippen molar-refractivity contribution in [3.05, 3.63) is 35.4 Å². The second-order valence-corrected chi connectivity index (χ2v) is 10.2. The molecule has 0 radical (unpaired) electrons. The number of hydrogen-bond acceptors (Lipinski definition) is 2. The Morgan fingerprint density at radius 1 is 1.11 bits per heavy atom. The molecule has 1 aromatic rings. The standard InChI is InChI=1S/C22H28N4O2/c23-19(27)24-21-7-13-5-16(10-21)18(17(6-13)11-21)26-12-22(25-20(26)28)8-14-3-1-2-4-15(14)9-22/h1-4,13,16-18H,5-12H2,(H,25,28)(H3,23,24,27). The van der Waals surface area contributed by atoms with E-state index in [1.165, 1.54) is 24.0 Å². The van der Waals surface area contributed by atoms with Crippen molar-refractivity contribution in [1.29, 1.82) is 0 Å². The number of nitrogens with zero attached hydrogens (tertiary/aromatic N) is 1. The summed E-state index contributed by atoms with van der Waals surface area (Å²) in [4.78, 5) is 26.8. The van der Waals surface area contributed by atoms with Gasteiger partial charge in [0.25, 0.3) is 0 Å². The van der Waals surface area contributed by atoms with Crippen LogP contribution >= 0.6 is 0 Å². The number of fused-ring (bicyclic) bond motifs is 1. The normalized spacial score (nSPS) is 39.3. The van der Waals surface area contributed by atoms with Crippen LogP contribution in [-0.4, -0.2) is 40.6 Å². The molecule has 6 aliphatic rings. The van der Waals surface area contributed by atoms with Crippen LogP contribution in [0.2, 0.25) is 0 Å². The van der Waals surface area contributed by atoms with E-state index in [1.807, 2.05) is 0 Å². The number of rotatable bonds is 2. The molecule has 4 amide bonds. The van der Waals surface area contributed by atoms with Gasteiger partial charge in [-0.05, 0) is 73.8 Å². The average Bonchev–Trinajstić information content (AvgIpc) is 3.11. The highest BCUT2D eigenvalue weighted by molar-refractivity contribution is 5.79. The lowest BCUT2D eigenvalue weighted by atomic mass is 9.50. The molecule has 1 spiro atoms. The van der Waals surface area contributed by atoms with Crippen molar-refractivity contribution in [3.8, 4) is 0 Å². The molecular weight excluding hydrogens is 352 g/mol. The molecule has 5 aliphatic carbocycles. The zero-order valence-electron chi connectivity index (χ0n) is 16.1. The van der Waals surface area contributed by atoms with Crippen molar-refractivity contribution < 1.29 is 9.59 Å². The minimum atomic E-state index is -0.403. The Morgan fingerprint density at radius 3 is 2.36 bits per heavy atom. The quantitative estimate of drug-likeness (QED) is 0.734. The zero-order chi connectivity index (χ0) is 19.1. The van der Waals surface area contributed by atoms with Crippen molar-refractivity contribution >= 4 is 12.1 Å². The number of primary amides is 1. The number of hydrogen-bond donors (Lipinski definition) is 3. The molecule has 28 heavy (non-hydrogen) atoms. The third-order valence-corrected chi connectivity index (χ3v) is 8.25. The molecule has 148 valence electrons. The molecule has 4 N–H and O–H groups in total. The number of urea groups is 2. The summed E-state index contributed by atoms with van der Waals surface area (Å²) in [6.07, 6.45) is 7.21. The van der Waals surface area contributed by atoms with Crippen molar-refractivity contribution in [3.63, 3.8) is 0 Å². The number of amides is 4. The molecule has 2 atom stereocenters. The van der Waals surface area contributed by atoms with Crippen LogP contribution in [-0.2, 0) is 12.8 Å². The minimum Gasteiger partial charge on any atom is -0.352 e. The molecule has 4 saturated carbocycles. The van der Waals surface area contributed by atoms with Gasteiger partial charge in [0.15, 0.2) is 0 Å². The summed E-state index contributed by atoms with van der Waals surface area (Å²) in [6.45, 7) is 0.805. The second kappa shape index (κ2) is 5.43. The van der Waals surface area contributed by atoms with Crippen LogP contribution in [0.25, 0.3) is 0 Å². The van der Waals surface area contributed by atoms with Gasteiger partial charge in [-0.2, -0.15) is 0 Å².